The quantitative estimate of drug-likeness (QED) is 0.727. The third kappa shape index (κ3) is 4.39. The summed E-state index contributed by atoms with van der Waals surface area (Å²) in [4.78, 5) is 43.3. The highest BCUT2D eigenvalue weighted by atomic mass is 35.5. The van der Waals surface area contributed by atoms with Gasteiger partial charge in [0.2, 0.25) is 11.8 Å². The van der Waals surface area contributed by atoms with Crippen molar-refractivity contribution >= 4 is 29.3 Å². The number of hydrogen-bond donors (Lipinski definition) is 0. The van der Waals surface area contributed by atoms with Crippen LogP contribution in [0.25, 0.3) is 0 Å². The van der Waals surface area contributed by atoms with Crippen molar-refractivity contribution in [2.45, 2.75) is 19.0 Å². The topological polar surface area (TPSA) is 60.9 Å². The molecular weight excluding hydrogens is 428 g/mol. The zero-order valence-corrected chi connectivity index (χ0v) is 17.3. The first-order valence-corrected chi connectivity index (χ1v) is 10.3. The van der Waals surface area contributed by atoms with Crippen molar-refractivity contribution < 1.29 is 23.2 Å². The summed E-state index contributed by atoms with van der Waals surface area (Å²) < 4.78 is 26.6. The molecule has 2 aromatic rings. The summed E-state index contributed by atoms with van der Waals surface area (Å²) in [5, 5.41) is -0.156. The molecule has 31 heavy (non-hydrogen) atoms. The first-order chi connectivity index (χ1) is 14.8. The van der Waals surface area contributed by atoms with Gasteiger partial charge < -0.3 is 14.7 Å². The van der Waals surface area contributed by atoms with E-state index in [1.165, 1.54) is 39.0 Å². The number of amides is 3. The van der Waals surface area contributed by atoms with Crippen LogP contribution in [-0.2, 0) is 16.1 Å². The maximum absolute atomic E-state index is 13.5. The van der Waals surface area contributed by atoms with Gasteiger partial charge in [0.05, 0.1) is 11.6 Å². The van der Waals surface area contributed by atoms with Gasteiger partial charge in [-0.05, 0) is 42.3 Å². The van der Waals surface area contributed by atoms with Gasteiger partial charge >= 0.3 is 0 Å². The summed E-state index contributed by atoms with van der Waals surface area (Å²) in [7, 11) is 0. The van der Waals surface area contributed by atoms with E-state index in [0.29, 0.717) is 25.1 Å². The average Bonchev–Trinajstić information content (AvgIpc) is 2.98. The second-order valence-corrected chi connectivity index (χ2v) is 8.06. The molecule has 1 unspecified atom stereocenters. The van der Waals surface area contributed by atoms with Crippen LogP contribution in [0.15, 0.2) is 42.5 Å². The molecule has 0 aliphatic carbocycles. The number of fused-ring (bicyclic) bond motifs is 1. The molecule has 0 saturated carbocycles. The minimum atomic E-state index is -0.802. The molecule has 2 aliphatic heterocycles. The summed E-state index contributed by atoms with van der Waals surface area (Å²) in [6, 6.07) is 8.68. The van der Waals surface area contributed by atoms with Gasteiger partial charge in [0.15, 0.2) is 0 Å². The van der Waals surface area contributed by atoms with Crippen LogP contribution in [0.1, 0.15) is 22.3 Å². The Bertz CT molecular complexity index is 1030. The lowest BCUT2D eigenvalue weighted by atomic mass is 10.1. The van der Waals surface area contributed by atoms with Crippen LogP contribution >= 0.6 is 11.6 Å². The average molecular weight is 448 g/mol. The number of carbonyl (C=O) groups is 3. The van der Waals surface area contributed by atoms with Crippen LogP contribution < -0.4 is 0 Å². The predicted molar refractivity (Wildman–Crippen MR) is 109 cm³/mol. The van der Waals surface area contributed by atoms with E-state index in [1.54, 1.807) is 12.1 Å². The molecule has 0 bridgehead atoms. The third-order valence-corrected chi connectivity index (χ3v) is 5.87. The Balaban J connectivity index is 1.54. The summed E-state index contributed by atoms with van der Waals surface area (Å²) >= 11 is 5.81. The molecule has 2 saturated heterocycles. The molecule has 9 heteroatoms. The molecule has 0 aromatic heterocycles. The lowest BCUT2D eigenvalue weighted by molar-refractivity contribution is -0.156. The smallest absolute Gasteiger partial charge is 0.253 e. The highest BCUT2D eigenvalue weighted by Gasteiger charge is 2.42. The lowest BCUT2D eigenvalue weighted by Gasteiger charge is -2.40. The van der Waals surface area contributed by atoms with E-state index in [2.05, 4.69) is 0 Å². The summed E-state index contributed by atoms with van der Waals surface area (Å²) in [6.07, 6.45) is 0.522. The number of halogens is 3. The van der Waals surface area contributed by atoms with E-state index in [4.69, 9.17) is 11.6 Å². The van der Waals surface area contributed by atoms with Gasteiger partial charge in [-0.1, -0.05) is 23.7 Å². The summed E-state index contributed by atoms with van der Waals surface area (Å²) in [5.74, 6) is -1.83. The molecule has 0 spiro atoms. The molecule has 6 nitrogen and oxygen atoms in total. The molecule has 2 fully saturated rings. The Morgan fingerprint density at radius 3 is 2.52 bits per heavy atom. The highest BCUT2D eigenvalue weighted by molar-refractivity contribution is 6.31. The molecular formula is C22H20ClF2N3O3. The van der Waals surface area contributed by atoms with Crippen molar-refractivity contribution in [3.63, 3.8) is 0 Å². The van der Waals surface area contributed by atoms with Gasteiger partial charge in [0.25, 0.3) is 5.91 Å². The van der Waals surface area contributed by atoms with Crippen LogP contribution in [0.4, 0.5) is 8.78 Å². The fourth-order valence-corrected chi connectivity index (χ4v) is 4.16. The largest absolute Gasteiger partial charge is 0.336 e. The highest BCUT2D eigenvalue weighted by Crippen LogP contribution is 2.23. The lowest BCUT2D eigenvalue weighted by Crippen LogP contribution is -2.61. The molecule has 162 valence electrons. The third-order valence-electron chi connectivity index (χ3n) is 5.58. The number of carbonyl (C=O) groups excluding carboxylic acids is 3. The molecule has 0 N–H and O–H groups in total. The van der Waals surface area contributed by atoms with E-state index < -0.39 is 11.9 Å². The first-order valence-electron chi connectivity index (χ1n) is 9.90. The van der Waals surface area contributed by atoms with Gasteiger partial charge in [-0.15, -0.1) is 0 Å². The second-order valence-electron chi connectivity index (χ2n) is 7.66. The minimum Gasteiger partial charge on any atom is -0.336 e. The van der Waals surface area contributed by atoms with Crippen molar-refractivity contribution in [2.75, 3.05) is 26.2 Å². The SMILES string of the molecule is O=C(c1ccc(F)c(Cl)c1)N1CCCN2C(=O)CN(Cc3ccc(F)cc3)C(=O)C2C1. The second kappa shape index (κ2) is 8.63. The van der Waals surface area contributed by atoms with Crippen LogP contribution in [0, 0.1) is 11.6 Å². The van der Waals surface area contributed by atoms with Crippen LogP contribution in [0.3, 0.4) is 0 Å². The van der Waals surface area contributed by atoms with Crippen LogP contribution in [-0.4, -0.2) is 64.6 Å². The number of hydrogen-bond acceptors (Lipinski definition) is 3. The van der Waals surface area contributed by atoms with Gasteiger partial charge in [-0.25, -0.2) is 8.78 Å². The maximum Gasteiger partial charge on any atom is 0.253 e. The maximum atomic E-state index is 13.5. The fraction of sp³-hybridized carbons (Fsp3) is 0.318. The van der Waals surface area contributed by atoms with E-state index in [0.717, 1.165) is 6.07 Å². The molecule has 3 amide bonds. The van der Waals surface area contributed by atoms with Crippen molar-refractivity contribution in [1.82, 2.24) is 14.7 Å². The van der Waals surface area contributed by atoms with Gasteiger partial charge in [0, 0.05) is 25.2 Å². The fourth-order valence-electron chi connectivity index (χ4n) is 3.98. The number of benzene rings is 2. The number of piperazine rings is 1. The Hall–Kier alpha value is -3.00. The van der Waals surface area contributed by atoms with E-state index in [-0.39, 0.29) is 53.8 Å². The van der Waals surface area contributed by atoms with Gasteiger partial charge in [-0.2, -0.15) is 0 Å². The molecule has 1 atom stereocenters. The first kappa shape index (κ1) is 21.2. The standard InChI is InChI=1S/C22H20ClF2N3O3/c23-17-10-15(4-7-18(17)25)21(30)26-8-1-9-28-19(12-26)22(31)27(13-20(28)29)11-14-2-5-16(24)6-3-14/h2-7,10,19H,1,8-9,11-13H2. The van der Waals surface area contributed by atoms with Gasteiger partial charge in [0.1, 0.15) is 24.2 Å². The number of nitrogens with zero attached hydrogens (tertiary/aromatic N) is 3. The summed E-state index contributed by atoms with van der Waals surface area (Å²) in [6.45, 7) is 0.885. The zero-order valence-electron chi connectivity index (χ0n) is 16.6. The van der Waals surface area contributed by atoms with Crippen LogP contribution in [0.5, 0.6) is 0 Å². The monoisotopic (exact) mass is 447 g/mol. The Morgan fingerprint density at radius 1 is 1.06 bits per heavy atom. The molecule has 2 aliphatic rings. The minimum absolute atomic E-state index is 0.0400. The summed E-state index contributed by atoms with van der Waals surface area (Å²) in [5.41, 5.74) is 0.927. The van der Waals surface area contributed by atoms with Gasteiger partial charge in [-0.3, -0.25) is 14.4 Å². The van der Waals surface area contributed by atoms with Crippen molar-refractivity contribution in [3.05, 3.63) is 70.2 Å². The van der Waals surface area contributed by atoms with E-state index in [1.807, 2.05) is 0 Å². The van der Waals surface area contributed by atoms with Crippen LogP contribution in [0.2, 0.25) is 5.02 Å². The number of rotatable bonds is 3. The Labute approximate surface area is 183 Å². The predicted octanol–water partition coefficient (Wildman–Crippen LogP) is 2.70. The molecule has 2 aromatic carbocycles. The molecule has 2 heterocycles. The van der Waals surface area contributed by atoms with Crippen molar-refractivity contribution in [3.8, 4) is 0 Å². The zero-order chi connectivity index (χ0) is 22.1. The Kier molecular flexibility index (Phi) is 5.91. The van der Waals surface area contributed by atoms with E-state index >= 15 is 0 Å². The Morgan fingerprint density at radius 2 is 1.81 bits per heavy atom. The van der Waals surface area contributed by atoms with Crippen molar-refractivity contribution in [2.24, 2.45) is 0 Å². The van der Waals surface area contributed by atoms with E-state index in [9.17, 15) is 23.2 Å². The van der Waals surface area contributed by atoms with Crippen molar-refractivity contribution in [1.29, 1.82) is 0 Å². The normalized spacial score (nSPS) is 19.3. The molecule has 4 rings (SSSR count). The molecule has 0 radical (unpaired) electrons.